The first kappa shape index (κ1) is 111. The summed E-state index contributed by atoms with van der Waals surface area (Å²) in [5, 5.41) is 90.7. The summed E-state index contributed by atoms with van der Waals surface area (Å²) in [5.41, 5.74) is 17.9. The largest absolute Gasteiger partial charge is 0.481 e. The van der Waals surface area contributed by atoms with Gasteiger partial charge in [0.05, 0.1) is 43.7 Å². The van der Waals surface area contributed by atoms with Crippen LogP contribution in [0.1, 0.15) is 164 Å². The van der Waals surface area contributed by atoms with Crippen molar-refractivity contribution in [2.24, 2.45) is 40.9 Å². The summed E-state index contributed by atoms with van der Waals surface area (Å²) < 4.78 is 0. The summed E-state index contributed by atoms with van der Waals surface area (Å²) in [5.74, 6) is -26.1. The minimum Gasteiger partial charge on any atom is -0.481 e. The Hall–Kier alpha value is -13.8. The van der Waals surface area contributed by atoms with Gasteiger partial charge in [0.2, 0.25) is 112 Å². The number of benzene rings is 2. The Morgan fingerprint density at radius 2 is 0.809 bits per heavy atom. The number of hydrogen-bond donors (Lipinski definition) is 25. The van der Waals surface area contributed by atoms with Crippen LogP contribution < -0.4 is 102 Å². The summed E-state index contributed by atoms with van der Waals surface area (Å²) in [6, 6.07) is -12.6. The smallest absolute Gasteiger partial charge is 0.303 e. The number of rotatable bonds is 25. The van der Waals surface area contributed by atoms with E-state index < -0.39 is 295 Å². The Morgan fingerprint density at radius 3 is 1.27 bits per heavy atom. The van der Waals surface area contributed by atoms with Gasteiger partial charge in [-0.25, -0.2) is 4.98 Å². The molecule has 3 aromatic rings. The number of guanidine groups is 1. The SMILES string of the molecule is CC[C@H](C)[C@@H]1NC(=O)[C@H](CC(N)=O)NC(=O)[C@H](CO)NC(=O)[C@H](Cc2ccccc2)NC(=O)[C@H](Cc2ccccc2)NC(=O)[C@H](Cc2c[nH]cn2)NC(=O)[C@H](C(C)C)NC(=O)[C@H](C(C)C)NC(=O)[C@@H]2CCCN2C(=O)[C@H](CC(N)=O)NC(=O)[C@H](CCC(=O)O)NC(=O)[C@@H]2CCCN2C(=O)[C@H]([C@@H](C)O)NC(=O)[C@H](CCCNC(=N)N)NC(=O)[C@H](C)NC(=O)[C@H]([C@@H](C)O)NC(=O)[C@H](C(C)C)NC1=O. The summed E-state index contributed by atoms with van der Waals surface area (Å²) >= 11 is 0. The van der Waals surface area contributed by atoms with Crippen molar-refractivity contribution in [3.05, 3.63) is 90.0 Å². The van der Waals surface area contributed by atoms with Gasteiger partial charge in [-0.15, -0.1) is 0 Å². The number of carbonyl (C=O) groups excluding carboxylic acids is 19. The maximum Gasteiger partial charge on any atom is 0.303 e. The van der Waals surface area contributed by atoms with Gasteiger partial charge in [0.15, 0.2) is 5.96 Å². The van der Waals surface area contributed by atoms with Crippen LogP contribution >= 0.6 is 0 Å². The molecule has 3 fully saturated rings. The number of aromatic nitrogens is 2. The van der Waals surface area contributed by atoms with Crippen molar-refractivity contribution in [1.29, 1.82) is 5.41 Å². The fraction of sp³-hybridized carbons (Fsp3) is 0.591. The number of primary amides is 2. The number of aliphatic hydroxyl groups is 3. The van der Waals surface area contributed by atoms with E-state index in [0.717, 1.165) is 30.6 Å². The molecule has 28 N–H and O–H groups in total. The van der Waals surface area contributed by atoms with Gasteiger partial charge in [0.25, 0.3) is 0 Å². The molecule has 0 unspecified atom stereocenters. The van der Waals surface area contributed by atoms with Gasteiger partial charge < -0.3 is 137 Å². The fourth-order valence-corrected chi connectivity index (χ4v) is 15.4. The van der Waals surface area contributed by atoms with Crippen LogP contribution in [0, 0.1) is 29.1 Å². The van der Waals surface area contributed by atoms with E-state index in [1.807, 2.05) is 0 Å². The first-order chi connectivity index (χ1) is 64.1. The van der Waals surface area contributed by atoms with Crippen LogP contribution in [-0.2, 0) is 115 Å². The monoisotopic (exact) mass is 1910 g/mol. The zero-order valence-electron chi connectivity index (χ0n) is 78.0. The van der Waals surface area contributed by atoms with Crippen LogP contribution in [-0.4, -0.2) is 306 Å². The minimum absolute atomic E-state index is 0.0374. The van der Waals surface area contributed by atoms with Crippen molar-refractivity contribution in [2.75, 3.05) is 26.2 Å². The number of carbonyl (C=O) groups is 20. The van der Waals surface area contributed by atoms with Crippen molar-refractivity contribution < 1.29 is 116 Å². The van der Waals surface area contributed by atoms with Crippen molar-refractivity contribution in [3.8, 4) is 0 Å². The molecule has 19 amide bonds. The molecule has 2 aromatic carbocycles. The molecule has 20 atom stereocenters. The molecule has 0 spiro atoms. The molecule has 3 aliphatic heterocycles. The molecule has 748 valence electrons. The molecule has 0 saturated carbocycles. The fourth-order valence-electron chi connectivity index (χ4n) is 15.4. The number of imidazole rings is 1. The highest BCUT2D eigenvalue weighted by Crippen LogP contribution is 2.24. The third-order valence-corrected chi connectivity index (χ3v) is 23.3. The van der Waals surface area contributed by atoms with E-state index in [4.69, 9.17) is 22.6 Å². The minimum atomic E-state index is -2.00. The first-order valence-electron chi connectivity index (χ1n) is 45.2. The molecule has 136 heavy (non-hydrogen) atoms. The molecular formula is C88H132N24O24. The Labute approximate surface area is 785 Å². The zero-order valence-corrected chi connectivity index (χ0v) is 78.0. The number of fused-ring (bicyclic) bond motifs is 2. The molecule has 0 bridgehead atoms. The maximum atomic E-state index is 15.1. The quantitative estimate of drug-likeness (QED) is 0.0213. The second-order valence-corrected chi connectivity index (χ2v) is 35.2. The number of aromatic amines is 1. The van der Waals surface area contributed by atoms with Crippen LogP contribution in [0.15, 0.2) is 73.2 Å². The topological polar surface area (TPSA) is 752 Å². The van der Waals surface area contributed by atoms with E-state index in [1.54, 1.807) is 95.3 Å². The second kappa shape index (κ2) is 53.3. The third kappa shape index (κ3) is 33.7. The normalized spacial score (nSPS) is 26.7. The number of nitrogens with one attached hydrogen (secondary N) is 18. The summed E-state index contributed by atoms with van der Waals surface area (Å²) in [6.45, 7) is 14.0. The maximum absolute atomic E-state index is 15.1. The van der Waals surface area contributed by atoms with Crippen molar-refractivity contribution in [1.82, 2.24) is 105 Å². The predicted molar refractivity (Wildman–Crippen MR) is 485 cm³/mol. The molecule has 48 nitrogen and oxygen atoms in total. The van der Waals surface area contributed by atoms with E-state index in [9.17, 15) is 107 Å². The van der Waals surface area contributed by atoms with E-state index in [-0.39, 0.29) is 89.5 Å². The standard InChI is InChI=1S/C88H132N24O24/c1-12-45(8)68-84(133)107-67(44(6)7)83(132)109-69(47(10)114)85(134)96-46(9)71(120)97-52(26-19-31-94-88(91)92)73(122)110-70(48(11)115)87(136)112-33-21-27-60(112)79(128)98-53(29-30-64(118)119)72(121)103-58(38-63(90)117)86(135)111-32-20-28-61(111)80(129)105-66(43(4)5)82(131)106-65(42(2)3)81(130)102-56(36-51-39-93-41-95-51)76(125)100-54(34-49-22-15-13-16-23-49)74(123)99-55(35-50-24-17-14-18-25-50)75(124)104-59(40-113)78(127)101-57(37-62(89)116)77(126)108-68/h13-18,22-25,39,41-48,52-61,65-70,113-115H,12,19-21,26-38,40H2,1-11H3,(H2,89,116)(H2,90,117)(H,93,95)(H,96,134)(H,97,120)(H,98,128)(H,99,123)(H,100,125)(H,101,127)(H,102,130)(H,103,121)(H,104,124)(H,105,129)(H,106,131)(H,107,133)(H,108,126)(H,109,132)(H,110,122)(H,118,119)(H4,91,92,94)/t45-,46-,47+,48+,52-,53-,54-,55-,56-,57-,58-,59-,60-,61-,65-,66-,67-,68-,69-,70-/m0/s1. The lowest BCUT2D eigenvalue weighted by molar-refractivity contribution is -0.145. The molecule has 3 saturated heterocycles. The van der Waals surface area contributed by atoms with Gasteiger partial charge in [-0.1, -0.05) is 122 Å². The highest BCUT2D eigenvalue weighted by atomic mass is 16.4. The number of aliphatic hydroxyl groups excluding tert-OH is 3. The number of nitrogens with two attached hydrogens (primary N) is 3. The Balaban J connectivity index is 1.42. The number of amides is 19. The van der Waals surface area contributed by atoms with Crippen molar-refractivity contribution in [2.45, 2.75) is 281 Å². The van der Waals surface area contributed by atoms with Crippen LogP contribution in [0.25, 0.3) is 0 Å². The van der Waals surface area contributed by atoms with Crippen molar-refractivity contribution in [3.63, 3.8) is 0 Å². The van der Waals surface area contributed by atoms with Gasteiger partial charge in [-0.05, 0) is 101 Å². The second-order valence-electron chi connectivity index (χ2n) is 35.2. The average Bonchev–Trinajstić information content (AvgIpc) is 1.63. The first-order valence-corrected chi connectivity index (χ1v) is 45.2. The van der Waals surface area contributed by atoms with Crippen LogP contribution in [0.2, 0.25) is 0 Å². The molecule has 6 rings (SSSR count). The number of hydrogen-bond acceptors (Lipinski definition) is 25. The van der Waals surface area contributed by atoms with Gasteiger partial charge in [-0.2, -0.15) is 0 Å². The summed E-state index contributed by atoms with van der Waals surface area (Å²) in [6.07, 6.45) is -5.35. The van der Waals surface area contributed by atoms with E-state index in [1.165, 1.54) is 33.3 Å². The Kier molecular flexibility index (Phi) is 43.5. The molecule has 1 aromatic heterocycles. The molecule has 48 heteroatoms. The van der Waals surface area contributed by atoms with E-state index >= 15 is 9.59 Å². The number of H-pyrrole nitrogens is 1. The number of aliphatic carboxylic acids is 1. The van der Waals surface area contributed by atoms with Crippen LogP contribution in [0.4, 0.5) is 0 Å². The predicted octanol–water partition coefficient (Wildman–Crippen LogP) is -7.63. The van der Waals surface area contributed by atoms with Gasteiger partial charge in [0.1, 0.15) is 103 Å². The zero-order chi connectivity index (χ0) is 101. The van der Waals surface area contributed by atoms with E-state index in [2.05, 4.69) is 95.0 Å². The Morgan fingerprint density at radius 1 is 0.441 bits per heavy atom. The highest BCUT2D eigenvalue weighted by molar-refractivity contribution is 6.03. The molecule has 3 aliphatic rings. The number of nitrogens with zero attached hydrogens (tertiary/aromatic N) is 3. The summed E-state index contributed by atoms with van der Waals surface area (Å²) in [7, 11) is 0. The van der Waals surface area contributed by atoms with Crippen molar-refractivity contribution >= 4 is 124 Å². The van der Waals surface area contributed by atoms with Gasteiger partial charge in [0, 0.05) is 51.5 Å². The molecule has 0 radical (unpaired) electrons. The third-order valence-electron chi connectivity index (χ3n) is 23.3. The van der Waals surface area contributed by atoms with Gasteiger partial charge in [-0.3, -0.25) is 101 Å². The lowest BCUT2D eigenvalue weighted by atomic mass is 9.95. The van der Waals surface area contributed by atoms with Gasteiger partial charge >= 0.3 is 5.97 Å². The number of carboxylic acids is 1. The Bertz CT molecular complexity index is 4720. The molecule has 4 heterocycles. The lowest BCUT2D eigenvalue weighted by Gasteiger charge is -2.32. The lowest BCUT2D eigenvalue weighted by Crippen LogP contribution is -2.63. The molecular weight excluding hydrogens is 1780 g/mol. The molecule has 0 aliphatic carbocycles. The highest BCUT2D eigenvalue weighted by Gasteiger charge is 2.46. The van der Waals surface area contributed by atoms with E-state index in [0.29, 0.717) is 11.1 Å². The number of carboxylic acid groups (broad SMARTS) is 1. The van der Waals surface area contributed by atoms with Crippen LogP contribution in [0.5, 0.6) is 0 Å². The van der Waals surface area contributed by atoms with Crippen LogP contribution in [0.3, 0.4) is 0 Å². The summed E-state index contributed by atoms with van der Waals surface area (Å²) in [4.78, 5) is 296. The average molecular weight is 1910 g/mol.